The number of nitrogens with one attached hydrogen (secondary N) is 1. The number of carboxylic acids is 1. The highest BCUT2D eigenvalue weighted by atomic mass is 16.5. The number of nitrogens with zero attached hydrogens (tertiary/aromatic N) is 3. The molecule has 0 bridgehead atoms. The number of ether oxygens (including phenoxy) is 1. The van der Waals surface area contributed by atoms with Crippen LogP contribution in [0.3, 0.4) is 0 Å². The van der Waals surface area contributed by atoms with Gasteiger partial charge in [0.25, 0.3) is 0 Å². The lowest BCUT2D eigenvalue weighted by Gasteiger charge is -2.33. The molecule has 3 heterocycles. The molecule has 3 rings (SSSR count). The second kappa shape index (κ2) is 4.85. The summed E-state index contributed by atoms with van der Waals surface area (Å²) in [6.07, 6.45) is 3.04. The maximum absolute atomic E-state index is 10.8. The first-order valence-corrected chi connectivity index (χ1v) is 6.10. The Bertz CT molecular complexity index is 597. The minimum Gasteiger partial charge on any atom is -0.481 e. The monoisotopic (exact) mass is 262 g/mol. The largest absolute Gasteiger partial charge is 0.481 e. The van der Waals surface area contributed by atoms with Gasteiger partial charge in [0.2, 0.25) is 0 Å². The van der Waals surface area contributed by atoms with Gasteiger partial charge >= 0.3 is 5.97 Å². The molecule has 2 aromatic rings. The van der Waals surface area contributed by atoms with Crippen molar-refractivity contribution in [1.29, 1.82) is 0 Å². The van der Waals surface area contributed by atoms with Crippen LogP contribution in [0.2, 0.25) is 0 Å². The van der Waals surface area contributed by atoms with Crippen LogP contribution in [-0.2, 0) is 9.53 Å². The lowest BCUT2D eigenvalue weighted by molar-refractivity contribution is -0.140. The molecule has 100 valence electrons. The Morgan fingerprint density at radius 1 is 1.58 bits per heavy atom. The second-order valence-corrected chi connectivity index (χ2v) is 4.47. The first-order valence-electron chi connectivity index (χ1n) is 6.10. The zero-order valence-corrected chi connectivity index (χ0v) is 10.2. The van der Waals surface area contributed by atoms with Gasteiger partial charge in [-0.05, 0) is 6.07 Å². The molecule has 0 aliphatic carbocycles. The van der Waals surface area contributed by atoms with Gasteiger partial charge in [0.1, 0.15) is 17.8 Å². The van der Waals surface area contributed by atoms with Crippen LogP contribution in [0.5, 0.6) is 0 Å². The normalized spacial score (nSPS) is 19.8. The zero-order valence-electron chi connectivity index (χ0n) is 10.2. The first kappa shape index (κ1) is 11.9. The molecule has 0 unspecified atom stereocenters. The highest BCUT2D eigenvalue weighted by molar-refractivity contribution is 5.87. The fourth-order valence-corrected chi connectivity index (χ4v) is 2.34. The van der Waals surface area contributed by atoms with Crippen molar-refractivity contribution < 1.29 is 14.6 Å². The summed E-state index contributed by atoms with van der Waals surface area (Å²) in [6.45, 7) is 1.74. The lowest BCUT2D eigenvalue weighted by Crippen LogP contribution is -2.43. The molecule has 0 amide bonds. The van der Waals surface area contributed by atoms with Crippen molar-refractivity contribution in [2.45, 2.75) is 12.5 Å². The summed E-state index contributed by atoms with van der Waals surface area (Å²) in [5.74, 6) is -0.0220. The molecule has 1 aliphatic rings. The van der Waals surface area contributed by atoms with Gasteiger partial charge in [0, 0.05) is 19.3 Å². The van der Waals surface area contributed by atoms with Gasteiger partial charge in [-0.2, -0.15) is 0 Å². The topological polar surface area (TPSA) is 91.3 Å². The molecule has 0 radical (unpaired) electrons. The first-order chi connectivity index (χ1) is 9.24. The molecule has 1 fully saturated rings. The standard InChI is InChI=1S/C12H14N4O3/c17-10(18)5-8-6-16(3-4-19-8)12-9-1-2-13-11(9)14-7-15-12/h1-2,7-8H,3-6H2,(H,17,18)(H,13,14,15)/t8-/m1/s1. The number of morpholine rings is 1. The van der Waals surface area contributed by atoms with E-state index in [1.807, 2.05) is 12.3 Å². The number of fused-ring (bicyclic) bond motifs is 1. The van der Waals surface area contributed by atoms with Crippen LogP contribution >= 0.6 is 0 Å². The SMILES string of the molecule is O=C(O)C[C@@H]1CN(c2ncnc3[nH]ccc23)CCO1. The van der Waals surface area contributed by atoms with Crippen LogP contribution < -0.4 is 4.90 Å². The van der Waals surface area contributed by atoms with Crippen molar-refractivity contribution in [2.75, 3.05) is 24.6 Å². The summed E-state index contributed by atoms with van der Waals surface area (Å²) < 4.78 is 5.46. The number of aromatic amines is 1. The zero-order chi connectivity index (χ0) is 13.2. The number of H-pyrrole nitrogens is 1. The van der Waals surface area contributed by atoms with E-state index >= 15 is 0 Å². The summed E-state index contributed by atoms with van der Waals surface area (Å²) in [7, 11) is 0. The number of aromatic nitrogens is 3. The van der Waals surface area contributed by atoms with E-state index in [2.05, 4.69) is 19.9 Å². The Morgan fingerprint density at radius 3 is 3.32 bits per heavy atom. The fraction of sp³-hybridized carbons (Fsp3) is 0.417. The molecule has 7 nitrogen and oxygen atoms in total. The smallest absolute Gasteiger partial charge is 0.306 e. The van der Waals surface area contributed by atoms with E-state index in [1.54, 1.807) is 0 Å². The maximum atomic E-state index is 10.8. The van der Waals surface area contributed by atoms with Gasteiger partial charge in [-0.1, -0.05) is 0 Å². The van der Waals surface area contributed by atoms with E-state index in [4.69, 9.17) is 9.84 Å². The average molecular weight is 262 g/mol. The van der Waals surface area contributed by atoms with Gasteiger partial charge in [-0.3, -0.25) is 4.79 Å². The van der Waals surface area contributed by atoms with Gasteiger partial charge < -0.3 is 19.7 Å². The molecular weight excluding hydrogens is 248 g/mol. The van der Waals surface area contributed by atoms with E-state index in [0.717, 1.165) is 16.9 Å². The number of hydrogen-bond donors (Lipinski definition) is 2. The van der Waals surface area contributed by atoms with E-state index in [-0.39, 0.29) is 12.5 Å². The minimum atomic E-state index is -0.846. The molecule has 1 atom stereocenters. The van der Waals surface area contributed by atoms with Crippen LogP contribution in [-0.4, -0.2) is 51.8 Å². The van der Waals surface area contributed by atoms with E-state index in [9.17, 15) is 4.79 Å². The molecule has 0 aromatic carbocycles. The third-order valence-corrected chi connectivity index (χ3v) is 3.17. The van der Waals surface area contributed by atoms with Crippen LogP contribution in [0.1, 0.15) is 6.42 Å². The Balaban J connectivity index is 1.85. The highest BCUT2D eigenvalue weighted by Gasteiger charge is 2.24. The van der Waals surface area contributed by atoms with Crippen molar-refractivity contribution in [3.05, 3.63) is 18.6 Å². The number of anilines is 1. The second-order valence-electron chi connectivity index (χ2n) is 4.47. The minimum absolute atomic E-state index is 0.0118. The van der Waals surface area contributed by atoms with Crippen molar-refractivity contribution >= 4 is 22.8 Å². The van der Waals surface area contributed by atoms with Gasteiger partial charge in [-0.25, -0.2) is 9.97 Å². The Labute approximate surface area is 109 Å². The third kappa shape index (κ3) is 2.37. The number of rotatable bonds is 3. The van der Waals surface area contributed by atoms with Crippen LogP contribution in [0.15, 0.2) is 18.6 Å². The van der Waals surface area contributed by atoms with Crippen molar-refractivity contribution in [3.63, 3.8) is 0 Å². The quantitative estimate of drug-likeness (QED) is 0.843. The lowest BCUT2D eigenvalue weighted by atomic mass is 10.2. The summed E-state index contributed by atoms with van der Waals surface area (Å²) in [6, 6.07) is 1.92. The Kier molecular flexibility index (Phi) is 3.04. The summed E-state index contributed by atoms with van der Waals surface area (Å²) in [4.78, 5) is 24.3. The molecule has 0 saturated carbocycles. The summed E-state index contributed by atoms with van der Waals surface area (Å²) in [5, 5.41) is 9.78. The molecular formula is C12H14N4O3. The summed E-state index contributed by atoms with van der Waals surface area (Å²) in [5.41, 5.74) is 0.784. The van der Waals surface area contributed by atoms with Crippen LogP contribution in [0, 0.1) is 0 Å². The average Bonchev–Trinajstić information content (AvgIpc) is 2.86. The Morgan fingerprint density at radius 2 is 2.47 bits per heavy atom. The van der Waals surface area contributed by atoms with E-state index in [0.29, 0.717) is 19.7 Å². The molecule has 1 saturated heterocycles. The number of carbonyl (C=O) groups is 1. The maximum Gasteiger partial charge on any atom is 0.306 e. The predicted molar refractivity (Wildman–Crippen MR) is 68.1 cm³/mol. The van der Waals surface area contributed by atoms with E-state index in [1.165, 1.54) is 6.33 Å². The molecule has 7 heteroatoms. The van der Waals surface area contributed by atoms with Crippen molar-refractivity contribution in [2.24, 2.45) is 0 Å². The fourth-order valence-electron chi connectivity index (χ4n) is 2.34. The third-order valence-electron chi connectivity index (χ3n) is 3.17. The number of aliphatic carboxylic acids is 1. The molecule has 2 aromatic heterocycles. The molecule has 1 aliphatic heterocycles. The molecule has 0 spiro atoms. The number of hydrogen-bond acceptors (Lipinski definition) is 5. The molecule has 19 heavy (non-hydrogen) atoms. The van der Waals surface area contributed by atoms with Gasteiger partial charge in [-0.15, -0.1) is 0 Å². The van der Waals surface area contributed by atoms with Crippen LogP contribution in [0.4, 0.5) is 5.82 Å². The summed E-state index contributed by atoms with van der Waals surface area (Å²) >= 11 is 0. The van der Waals surface area contributed by atoms with E-state index < -0.39 is 5.97 Å². The molecule has 2 N–H and O–H groups in total. The van der Waals surface area contributed by atoms with Crippen LogP contribution in [0.25, 0.3) is 11.0 Å². The van der Waals surface area contributed by atoms with Crippen molar-refractivity contribution in [1.82, 2.24) is 15.0 Å². The Hall–Kier alpha value is -2.15. The van der Waals surface area contributed by atoms with Gasteiger partial charge in [0.15, 0.2) is 0 Å². The van der Waals surface area contributed by atoms with Crippen molar-refractivity contribution in [3.8, 4) is 0 Å². The highest BCUT2D eigenvalue weighted by Crippen LogP contribution is 2.24. The van der Waals surface area contributed by atoms with Gasteiger partial charge in [0.05, 0.1) is 24.5 Å². The number of carboxylic acid groups (broad SMARTS) is 1. The predicted octanol–water partition coefficient (Wildman–Crippen LogP) is 0.638.